The lowest BCUT2D eigenvalue weighted by Gasteiger charge is -2.30. The minimum Gasteiger partial charge on any atom is -0.463 e. The fraction of sp³-hybridized carbons (Fsp3) is 0.450. The van der Waals surface area contributed by atoms with E-state index in [0.29, 0.717) is 52.4 Å². The highest BCUT2D eigenvalue weighted by Crippen LogP contribution is 2.27. The Bertz CT molecular complexity index is 905. The summed E-state index contributed by atoms with van der Waals surface area (Å²) in [6.07, 6.45) is 1.57. The Hall–Kier alpha value is -2.67. The van der Waals surface area contributed by atoms with Crippen LogP contribution in [0.3, 0.4) is 0 Å². The maximum atomic E-state index is 12.9. The summed E-state index contributed by atoms with van der Waals surface area (Å²) in [4.78, 5) is 19.7. The monoisotopic (exact) mass is 370 g/mol. The molecule has 0 spiro atoms. The number of hydrogen-bond donors (Lipinski definition) is 1. The van der Waals surface area contributed by atoms with Gasteiger partial charge in [0.15, 0.2) is 5.76 Å². The summed E-state index contributed by atoms with van der Waals surface area (Å²) in [6, 6.07) is 6.13. The van der Waals surface area contributed by atoms with Crippen molar-refractivity contribution in [2.45, 2.75) is 46.7 Å². The Balaban J connectivity index is 1.84. The van der Waals surface area contributed by atoms with Crippen LogP contribution in [0.4, 0.5) is 0 Å². The van der Waals surface area contributed by atoms with Crippen LogP contribution in [0, 0.1) is 6.92 Å². The molecule has 1 N–H and O–H groups in total. The highest BCUT2D eigenvalue weighted by Gasteiger charge is 2.20. The predicted molar refractivity (Wildman–Crippen MR) is 104 cm³/mol. The quantitative estimate of drug-likeness (QED) is 0.683. The third-order valence-electron chi connectivity index (χ3n) is 4.62. The van der Waals surface area contributed by atoms with E-state index in [0.717, 1.165) is 6.54 Å². The van der Waals surface area contributed by atoms with Gasteiger partial charge in [0, 0.05) is 25.2 Å². The van der Waals surface area contributed by atoms with Crippen LogP contribution < -0.4 is 5.32 Å². The lowest BCUT2D eigenvalue weighted by Crippen LogP contribution is -2.42. The molecule has 7 heteroatoms. The van der Waals surface area contributed by atoms with Crippen molar-refractivity contribution in [1.82, 2.24) is 20.4 Å². The lowest BCUT2D eigenvalue weighted by molar-refractivity contribution is 0.0941. The molecule has 3 rings (SSSR count). The fourth-order valence-electron chi connectivity index (χ4n) is 3.33. The average molecular weight is 370 g/mol. The minimum atomic E-state index is -0.172. The molecule has 0 aliphatic heterocycles. The summed E-state index contributed by atoms with van der Waals surface area (Å²) in [5.41, 5.74) is 2.00. The van der Waals surface area contributed by atoms with E-state index in [1.807, 2.05) is 0 Å². The van der Waals surface area contributed by atoms with Gasteiger partial charge in [0.2, 0.25) is 0 Å². The van der Waals surface area contributed by atoms with Gasteiger partial charge in [-0.15, -0.1) is 0 Å². The molecule has 0 aromatic carbocycles. The maximum Gasteiger partial charge on any atom is 0.259 e. The Morgan fingerprint density at radius 3 is 2.63 bits per heavy atom. The van der Waals surface area contributed by atoms with Gasteiger partial charge in [-0.2, -0.15) is 0 Å². The van der Waals surface area contributed by atoms with Crippen molar-refractivity contribution in [2.75, 3.05) is 13.1 Å². The molecule has 0 radical (unpaired) electrons. The van der Waals surface area contributed by atoms with Crippen molar-refractivity contribution in [3.8, 4) is 11.5 Å². The normalized spacial score (nSPS) is 11.9. The number of aryl methyl sites for hydroxylation is 1. The summed E-state index contributed by atoms with van der Waals surface area (Å²) in [6.45, 7) is 11.8. The molecule has 0 fully saturated rings. The molecule has 7 nitrogen and oxygen atoms in total. The van der Waals surface area contributed by atoms with Gasteiger partial charge in [0.1, 0.15) is 5.69 Å². The van der Waals surface area contributed by atoms with E-state index in [1.165, 1.54) is 0 Å². The van der Waals surface area contributed by atoms with Gasteiger partial charge in [0.05, 0.1) is 22.9 Å². The van der Waals surface area contributed by atoms with E-state index in [-0.39, 0.29) is 5.91 Å². The second-order valence-electron chi connectivity index (χ2n) is 7.16. The van der Waals surface area contributed by atoms with Crippen LogP contribution in [-0.4, -0.2) is 46.1 Å². The largest absolute Gasteiger partial charge is 0.463 e. The van der Waals surface area contributed by atoms with Crippen molar-refractivity contribution in [1.29, 1.82) is 0 Å². The molecule has 0 aliphatic rings. The van der Waals surface area contributed by atoms with Crippen LogP contribution in [0.2, 0.25) is 0 Å². The zero-order chi connectivity index (χ0) is 19.6. The first-order chi connectivity index (χ1) is 12.9. The van der Waals surface area contributed by atoms with Gasteiger partial charge in [-0.05, 0) is 52.8 Å². The third-order valence-corrected chi connectivity index (χ3v) is 4.62. The van der Waals surface area contributed by atoms with Crippen LogP contribution in [0.15, 0.2) is 33.4 Å². The van der Waals surface area contributed by atoms with E-state index in [2.05, 4.69) is 48.1 Å². The summed E-state index contributed by atoms with van der Waals surface area (Å²) in [5.74, 6) is 0.403. The maximum absolute atomic E-state index is 12.9. The number of carbonyl (C=O) groups is 1. The second kappa shape index (κ2) is 7.92. The van der Waals surface area contributed by atoms with Gasteiger partial charge >= 0.3 is 0 Å². The van der Waals surface area contributed by atoms with Gasteiger partial charge < -0.3 is 14.3 Å². The molecule has 0 saturated carbocycles. The van der Waals surface area contributed by atoms with Gasteiger partial charge in [-0.1, -0.05) is 5.16 Å². The van der Waals surface area contributed by atoms with Gasteiger partial charge in [-0.3, -0.25) is 9.69 Å². The number of rotatable bonds is 7. The number of pyridine rings is 1. The molecule has 1 amide bonds. The number of furan rings is 1. The molecule has 0 bridgehead atoms. The Morgan fingerprint density at radius 2 is 2.00 bits per heavy atom. The number of carbonyl (C=O) groups excluding carboxylic acids is 1. The first kappa shape index (κ1) is 19.1. The second-order valence-corrected chi connectivity index (χ2v) is 7.16. The van der Waals surface area contributed by atoms with Crippen molar-refractivity contribution >= 4 is 17.0 Å². The summed E-state index contributed by atoms with van der Waals surface area (Å²) < 4.78 is 10.7. The molecule has 0 unspecified atom stereocenters. The molecular weight excluding hydrogens is 344 g/mol. The van der Waals surface area contributed by atoms with Crippen LogP contribution >= 0.6 is 0 Å². The van der Waals surface area contributed by atoms with E-state index >= 15 is 0 Å². The summed E-state index contributed by atoms with van der Waals surface area (Å²) in [5, 5.41) is 7.60. The van der Waals surface area contributed by atoms with Crippen LogP contribution in [0.25, 0.3) is 22.6 Å². The van der Waals surface area contributed by atoms with E-state index in [1.54, 1.807) is 31.4 Å². The van der Waals surface area contributed by atoms with Gasteiger partial charge in [-0.25, -0.2) is 4.98 Å². The highest BCUT2D eigenvalue weighted by atomic mass is 16.5. The standard InChI is InChI=1S/C20H26N4O3/c1-12(2)24(13(3)4)9-8-21-19(25)15-11-16(17-7-6-10-26-17)22-20-18(15)14(5)23-27-20/h6-7,10-13H,8-9H2,1-5H3,(H,21,25). The van der Waals surface area contributed by atoms with Crippen LogP contribution in [0.1, 0.15) is 43.7 Å². The first-order valence-electron chi connectivity index (χ1n) is 9.23. The molecule has 144 valence electrons. The molecule has 0 aliphatic carbocycles. The highest BCUT2D eigenvalue weighted by molar-refractivity contribution is 6.06. The Morgan fingerprint density at radius 1 is 1.26 bits per heavy atom. The predicted octanol–water partition coefficient (Wildman–Crippen LogP) is 3.64. The lowest BCUT2D eigenvalue weighted by atomic mass is 10.1. The van der Waals surface area contributed by atoms with Crippen LogP contribution in [0.5, 0.6) is 0 Å². The number of amides is 1. The molecule has 3 aromatic heterocycles. The number of aromatic nitrogens is 2. The van der Waals surface area contributed by atoms with E-state index in [9.17, 15) is 4.79 Å². The van der Waals surface area contributed by atoms with Crippen LogP contribution in [-0.2, 0) is 0 Å². The number of hydrogen-bond acceptors (Lipinski definition) is 6. The summed E-state index contributed by atoms with van der Waals surface area (Å²) >= 11 is 0. The van der Waals surface area contributed by atoms with Crippen molar-refractivity contribution in [3.63, 3.8) is 0 Å². The topological polar surface area (TPSA) is 84.4 Å². The SMILES string of the molecule is Cc1noc2nc(-c3ccco3)cc(C(=O)NCCN(C(C)C)C(C)C)c12. The molecule has 3 aromatic rings. The Labute approximate surface area is 158 Å². The van der Waals surface area contributed by atoms with Gasteiger partial charge in [0.25, 0.3) is 11.6 Å². The number of nitrogens with one attached hydrogen (secondary N) is 1. The van der Waals surface area contributed by atoms with E-state index < -0.39 is 0 Å². The average Bonchev–Trinajstić information content (AvgIpc) is 3.27. The molecule has 27 heavy (non-hydrogen) atoms. The zero-order valence-corrected chi connectivity index (χ0v) is 16.4. The molecule has 0 saturated heterocycles. The first-order valence-corrected chi connectivity index (χ1v) is 9.23. The minimum absolute atomic E-state index is 0.172. The summed E-state index contributed by atoms with van der Waals surface area (Å²) in [7, 11) is 0. The Kier molecular flexibility index (Phi) is 5.60. The van der Waals surface area contributed by atoms with Crippen molar-refractivity contribution in [2.24, 2.45) is 0 Å². The van der Waals surface area contributed by atoms with Crippen molar-refractivity contribution in [3.05, 3.63) is 35.7 Å². The smallest absolute Gasteiger partial charge is 0.259 e. The fourth-order valence-corrected chi connectivity index (χ4v) is 3.33. The van der Waals surface area contributed by atoms with Crippen molar-refractivity contribution < 1.29 is 13.7 Å². The zero-order valence-electron chi connectivity index (χ0n) is 16.4. The molecular formula is C20H26N4O3. The number of nitrogens with zero attached hydrogens (tertiary/aromatic N) is 3. The molecule has 3 heterocycles. The third kappa shape index (κ3) is 4.03. The number of fused-ring (bicyclic) bond motifs is 1. The molecule has 0 atom stereocenters. The van der Waals surface area contributed by atoms with E-state index in [4.69, 9.17) is 8.94 Å².